The molecule has 0 unspecified atom stereocenters. The van der Waals surface area contributed by atoms with Gasteiger partial charge in [0, 0.05) is 49.3 Å². The van der Waals surface area contributed by atoms with Gasteiger partial charge in [-0.15, -0.1) is 0 Å². The minimum absolute atomic E-state index is 0.610. The maximum Gasteiger partial charge on any atom is 0.160 e. The quantitative estimate of drug-likeness (QED) is 0.177. The molecule has 0 amide bonds. The fraction of sp³-hybridized carbons (Fsp3) is 0. The molecule has 0 atom stereocenters. The molecule has 5 heteroatoms. The minimum Gasteiger partial charge on any atom is -0.456 e. The Morgan fingerprint density at radius 3 is 1.86 bits per heavy atom. The Hall–Kier alpha value is -7.76. The average Bonchev–Trinajstić information content (AvgIpc) is 3.96. The van der Waals surface area contributed by atoms with Crippen molar-refractivity contribution in [3.63, 3.8) is 0 Å². The van der Waals surface area contributed by atoms with Crippen LogP contribution < -0.4 is 0 Å². The Kier molecular flexibility index (Phi) is 6.86. The van der Waals surface area contributed by atoms with Gasteiger partial charge < -0.3 is 13.4 Å². The van der Waals surface area contributed by atoms with Crippen molar-refractivity contribution in [2.45, 2.75) is 0 Å². The van der Waals surface area contributed by atoms with Crippen molar-refractivity contribution < 1.29 is 8.83 Å². The van der Waals surface area contributed by atoms with E-state index in [1.807, 2.05) is 24.3 Å². The molecule has 57 heavy (non-hydrogen) atoms. The second-order valence-electron chi connectivity index (χ2n) is 14.5. The van der Waals surface area contributed by atoms with Gasteiger partial charge in [0.05, 0.1) is 27.8 Å². The van der Waals surface area contributed by atoms with Gasteiger partial charge in [-0.05, 0) is 71.8 Å². The highest BCUT2D eigenvalue weighted by atomic mass is 16.3. The van der Waals surface area contributed by atoms with Crippen LogP contribution in [-0.2, 0) is 0 Å². The van der Waals surface area contributed by atoms with Crippen LogP contribution in [0.2, 0.25) is 0 Å². The van der Waals surface area contributed by atoms with Gasteiger partial charge in [0.15, 0.2) is 5.82 Å². The molecule has 0 saturated carbocycles. The maximum absolute atomic E-state index is 7.07. The van der Waals surface area contributed by atoms with E-state index >= 15 is 0 Å². The summed E-state index contributed by atoms with van der Waals surface area (Å²) in [7, 11) is 0. The smallest absolute Gasteiger partial charge is 0.160 e. The Balaban J connectivity index is 1.08. The predicted molar refractivity (Wildman–Crippen MR) is 233 cm³/mol. The molecule has 0 spiro atoms. The van der Waals surface area contributed by atoms with Crippen molar-refractivity contribution in [1.82, 2.24) is 14.5 Å². The first-order valence-electron chi connectivity index (χ1n) is 19.1. The monoisotopic (exact) mass is 729 g/mol. The molecule has 0 aliphatic heterocycles. The van der Waals surface area contributed by atoms with E-state index in [9.17, 15) is 0 Å². The normalized spacial score (nSPS) is 11.9. The van der Waals surface area contributed by atoms with Crippen LogP contribution in [0.3, 0.4) is 0 Å². The molecule has 4 heterocycles. The maximum atomic E-state index is 7.07. The summed E-state index contributed by atoms with van der Waals surface area (Å²) in [6.07, 6.45) is 0. The van der Waals surface area contributed by atoms with Crippen molar-refractivity contribution >= 4 is 65.7 Å². The lowest BCUT2D eigenvalue weighted by atomic mass is 10.0. The second-order valence-corrected chi connectivity index (χ2v) is 14.5. The third kappa shape index (κ3) is 4.96. The first-order valence-corrected chi connectivity index (χ1v) is 19.1. The zero-order valence-electron chi connectivity index (χ0n) is 30.6. The van der Waals surface area contributed by atoms with E-state index in [0.29, 0.717) is 5.82 Å². The first-order chi connectivity index (χ1) is 28.2. The zero-order chi connectivity index (χ0) is 37.5. The van der Waals surface area contributed by atoms with Crippen LogP contribution in [0.1, 0.15) is 0 Å². The molecular formula is C52H31N3O2. The molecule has 4 aromatic heterocycles. The number of hydrogen-bond donors (Lipinski definition) is 0. The van der Waals surface area contributed by atoms with Gasteiger partial charge in [0.1, 0.15) is 22.3 Å². The number of para-hydroxylation sites is 4. The van der Waals surface area contributed by atoms with Crippen molar-refractivity contribution in [2.24, 2.45) is 0 Å². The summed E-state index contributed by atoms with van der Waals surface area (Å²) in [5, 5.41) is 6.50. The van der Waals surface area contributed by atoms with Crippen molar-refractivity contribution in [3.8, 4) is 50.7 Å². The highest BCUT2D eigenvalue weighted by Crippen LogP contribution is 2.43. The number of furan rings is 2. The van der Waals surface area contributed by atoms with Gasteiger partial charge >= 0.3 is 0 Å². The Bertz CT molecular complexity index is 3500. The molecule has 5 nitrogen and oxygen atoms in total. The summed E-state index contributed by atoms with van der Waals surface area (Å²) in [6.45, 7) is 0. The van der Waals surface area contributed by atoms with Crippen LogP contribution in [0.5, 0.6) is 0 Å². The van der Waals surface area contributed by atoms with E-state index in [2.05, 4.69) is 168 Å². The summed E-state index contributed by atoms with van der Waals surface area (Å²) in [5.74, 6) is 0.610. The van der Waals surface area contributed by atoms with Crippen LogP contribution in [0.15, 0.2) is 197 Å². The van der Waals surface area contributed by atoms with Crippen LogP contribution in [-0.4, -0.2) is 14.5 Å². The Morgan fingerprint density at radius 2 is 1.00 bits per heavy atom. The number of nitrogens with zero attached hydrogens (tertiary/aromatic N) is 3. The fourth-order valence-corrected chi connectivity index (χ4v) is 8.56. The fourth-order valence-electron chi connectivity index (χ4n) is 8.56. The Morgan fingerprint density at radius 1 is 0.368 bits per heavy atom. The van der Waals surface area contributed by atoms with E-state index in [1.165, 1.54) is 5.56 Å². The molecule has 0 N–H and O–H groups in total. The summed E-state index contributed by atoms with van der Waals surface area (Å²) >= 11 is 0. The molecule has 12 aromatic rings. The average molecular weight is 730 g/mol. The van der Waals surface area contributed by atoms with E-state index in [4.69, 9.17) is 18.8 Å². The van der Waals surface area contributed by atoms with E-state index in [-0.39, 0.29) is 0 Å². The van der Waals surface area contributed by atoms with Crippen molar-refractivity contribution in [2.75, 3.05) is 0 Å². The van der Waals surface area contributed by atoms with Gasteiger partial charge in [0.2, 0.25) is 0 Å². The largest absolute Gasteiger partial charge is 0.456 e. The third-order valence-electron chi connectivity index (χ3n) is 11.2. The number of hydrogen-bond acceptors (Lipinski definition) is 4. The van der Waals surface area contributed by atoms with E-state index in [0.717, 1.165) is 105 Å². The topological polar surface area (TPSA) is 57.0 Å². The Labute approximate surface area is 326 Å². The van der Waals surface area contributed by atoms with Gasteiger partial charge in [-0.3, -0.25) is 0 Å². The predicted octanol–water partition coefficient (Wildman–Crippen LogP) is 14.0. The molecule has 0 radical (unpaired) electrons. The lowest BCUT2D eigenvalue weighted by Crippen LogP contribution is -1.96. The molecule has 8 aromatic carbocycles. The molecule has 0 bridgehead atoms. The zero-order valence-corrected chi connectivity index (χ0v) is 30.6. The SMILES string of the molecule is c1ccc(-c2ccc(-c3cc(-c4cccc5c4oc4c5ccc5c4c4ccccc4n5-c4ccccc4)nc(-c4ccc5c(c4)oc4ccccc45)n3)cc2)cc1. The van der Waals surface area contributed by atoms with Gasteiger partial charge in [0.25, 0.3) is 0 Å². The summed E-state index contributed by atoms with van der Waals surface area (Å²) in [5.41, 5.74) is 13.3. The number of fused-ring (bicyclic) bond motifs is 10. The number of aromatic nitrogens is 3. The van der Waals surface area contributed by atoms with Gasteiger partial charge in [-0.25, -0.2) is 9.97 Å². The molecule has 0 fully saturated rings. The highest BCUT2D eigenvalue weighted by Gasteiger charge is 2.21. The highest BCUT2D eigenvalue weighted by molar-refractivity contribution is 6.24. The summed E-state index contributed by atoms with van der Waals surface area (Å²) in [6, 6.07) is 65.3. The minimum atomic E-state index is 0.610. The van der Waals surface area contributed by atoms with Crippen molar-refractivity contribution in [3.05, 3.63) is 188 Å². The number of rotatable bonds is 5. The molecule has 0 aliphatic carbocycles. The molecule has 12 rings (SSSR count). The third-order valence-corrected chi connectivity index (χ3v) is 11.2. The van der Waals surface area contributed by atoms with Crippen LogP contribution in [0.25, 0.3) is 116 Å². The first kappa shape index (κ1) is 31.6. The standard InChI is InChI=1S/C52H31N3O2/c1-3-12-32(13-4-1)33-22-24-34(25-23-33)43-31-44(54-52(53-43)35-26-27-38-37-16-8-10-21-47(37)56-48(38)30-35)41-19-11-18-39-40-28-29-46-49(51(40)57-50(39)41)42-17-7-9-20-45(42)55(46)36-14-5-2-6-15-36/h1-31H. The van der Waals surface area contributed by atoms with E-state index < -0.39 is 0 Å². The molecule has 0 aliphatic rings. The lowest BCUT2D eigenvalue weighted by Gasteiger charge is -2.10. The molecule has 0 saturated heterocycles. The molecule has 266 valence electrons. The molecular weight excluding hydrogens is 699 g/mol. The van der Waals surface area contributed by atoms with Crippen LogP contribution in [0, 0.1) is 0 Å². The van der Waals surface area contributed by atoms with Crippen LogP contribution in [0.4, 0.5) is 0 Å². The van der Waals surface area contributed by atoms with Crippen molar-refractivity contribution in [1.29, 1.82) is 0 Å². The van der Waals surface area contributed by atoms with Gasteiger partial charge in [-0.1, -0.05) is 127 Å². The van der Waals surface area contributed by atoms with Crippen LogP contribution >= 0.6 is 0 Å². The summed E-state index contributed by atoms with van der Waals surface area (Å²) in [4.78, 5) is 10.5. The summed E-state index contributed by atoms with van der Waals surface area (Å²) < 4.78 is 15.7. The lowest BCUT2D eigenvalue weighted by molar-refractivity contribution is 0.669. The second kappa shape index (κ2) is 12.4. The number of benzene rings is 8. The van der Waals surface area contributed by atoms with Gasteiger partial charge in [-0.2, -0.15) is 0 Å². The van der Waals surface area contributed by atoms with E-state index in [1.54, 1.807) is 0 Å².